The van der Waals surface area contributed by atoms with Gasteiger partial charge in [0.05, 0.1) is 5.75 Å². The number of halogens is 1. The van der Waals surface area contributed by atoms with E-state index < -0.39 is 29.9 Å². The number of thiazole rings is 1. The molecule has 2 atom stereocenters. The van der Waals surface area contributed by atoms with Crippen LogP contribution in [0.5, 0.6) is 0 Å². The Balaban J connectivity index is 0.00000405. The highest BCUT2D eigenvalue weighted by Crippen LogP contribution is 2.35. The molecule has 0 radical (unpaired) electrons. The van der Waals surface area contributed by atoms with Crippen LogP contribution in [0.15, 0.2) is 51.4 Å². The zero-order valence-corrected chi connectivity index (χ0v) is 25.7. The van der Waals surface area contributed by atoms with Crippen LogP contribution >= 0.6 is 23.1 Å². The molecule has 0 aromatic carbocycles. The highest BCUT2D eigenvalue weighted by atomic mass is 79.9. The molecule has 0 bridgehead atoms. The van der Waals surface area contributed by atoms with Crippen molar-refractivity contribution in [1.82, 2.24) is 15.2 Å². The topological polar surface area (TPSA) is 177 Å². The van der Waals surface area contributed by atoms with Crippen LogP contribution in [0.1, 0.15) is 38.3 Å². The van der Waals surface area contributed by atoms with Gasteiger partial charge >= 0.3 is 5.97 Å². The number of hydrogen-bond donors (Lipinski definition) is 3. The van der Waals surface area contributed by atoms with E-state index in [-0.39, 0.29) is 75.8 Å². The van der Waals surface area contributed by atoms with E-state index in [1.807, 2.05) is 12.1 Å². The molecule has 1 saturated heterocycles. The average molecular weight is 682 g/mol. The Morgan fingerprint density at radius 3 is 2.64 bits per heavy atom. The highest BCUT2D eigenvalue weighted by Gasteiger charge is 2.55. The molecule has 4 heterocycles. The lowest BCUT2D eigenvalue weighted by molar-refractivity contribution is -0.684. The van der Waals surface area contributed by atoms with Crippen LogP contribution < -0.4 is 32.6 Å². The third-order valence-corrected chi connectivity index (χ3v) is 8.54. The summed E-state index contributed by atoms with van der Waals surface area (Å²) in [6, 6.07) is 1.91. The molecule has 0 spiro atoms. The average Bonchev–Trinajstić information content (AvgIpc) is 3.62. The second-order valence-electron chi connectivity index (χ2n) is 9.83. The van der Waals surface area contributed by atoms with E-state index in [1.54, 1.807) is 22.3 Å². The number of aliphatic carboxylic acids is 1. The number of nitrogen functional groups attached to an aromatic ring is 1. The van der Waals surface area contributed by atoms with Crippen molar-refractivity contribution in [2.45, 2.75) is 62.2 Å². The van der Waals surface area contributed by atoms with Crippen LogP contribution in [0.4, 0.5) is 5.13 Å². The smallest absolute Gasteiger partial charge is 0.356 e. The molecule has 16 heteroatoms. The van der Waals surface area contributed by atoms with Gasteiger partial charge in [-0.05, 0) is 25.7 Å². The van der Waals surface area contributed by atoms with Crippen LogP contribution in [0, 0.1) is 0 Å². The number of nitrogens with zero attached hydrogens (tertiary/aromatic N) is 4. The quantitative estimate of drug-likeness (QED) is 0.0797. The Morgan fingerprint density at radius 2 is 2.02 bits per heavy atom. The second-order valence-corrected chi connectivity index (χ2v) is 11.8. The Hall–Kier alpha value is -3.50. The van der Waals surface area contributed by atoms with Gasteiger partial charge in [0.15, 0.2) is 34.7 Å². The SMILES string of the molecule is CC(=O)C[n+]1ccc(SCC2=C(C(=O)O)N3C(=O)C(NC(=O)/C(=N\OC4CCCC4)c4csc(N)n4)C3CO2)cc1.[Br-]. The standard InChI is InChI=1S/C26H28N6O7S2.BrH/c1-14(33)10-31-8-6-16(7-9-31)40-13-19-22(25(36)37)32-18(11-38-19)21(24(32)35)29-23(34)20(17-12-41-26(27)28-17)30-39-15-4-2-3-5-15;/h6-9,12,15,18,21H,2-5,10-11,13H2,1H3,(H3-,27,28,29,34,36,37);1H/b30-20-;. The van der Waals surface area contributed by atoms with Crippen molar-refractivity contribution in [3.05, 3.63) is 47.1 Å². The van der Waals surface area contributed by atoms with Gasteiger partial charge in [-0.2, -0.15) is 4.57 Å². The molecule has 2 amide bonds. The molecule has 1 saturated carbocycles. The summed E-state index contributed by atoms with van der Waals surface area (Å²) in [5.74, 6) is -2.19. The number of carboxylic acids is 1. The number of aromatic nitrogens is 2. The minimum Gasteiger partial charge on any atom is -1.00 e. The molecule has 2 aliphatic heterocycles. The minimum absolute atomic E-state index is 0. The van der Waals surface area contributed by atoms with Gasteiger partial charge in [0, 0.05) is 29.3 Å². The molecule has 1 aliphatic carbocycles. The zero-order chi connectivity index (χ0) is 29.1. The lowest BCUT2D eigenvalue weighted by atomic mass is 9.92. The number of nitrogens with one attached hydrogen (secondary N) is 1. The first kappa shape index (κ1) is 31.4. The molecule has 2 unspecified atom stereocenters. The largest absolute Gasteiger partial charge is 1.00 e. The van der Waals surface area contributed by atoms with Gasteiger partial charge in [-0.1, -0.05) is 5.16 Å². The van der Waals surface area contributed by atoms with E-state index in [2.05, 4.69) is 15.5 Å². The number of ketones is 1. The van der Waals surface area contributed by atoms with E-state index in [4.69, 9.17) is 15.3 Å². The number of carboxylic acid groups (broad SMARTS) is 1. The number of carbonyl (C=O) groups is 4. The number of anilines is 1. The van der Waals surface area contributed by atoms with Crippen LogP contribution in [0.3, 0.4) is 0 Å². The molecular weight excluding hydrogens is 652 g/mol. The van der Waals surface area contributed by atoms with Gasteiger partial charge in [-0.3, -0.25) is 19.3 Å². The summed E-state index contributed by atoms with van der Waals surface area (Å²) in [5.41, 5.74) is 5.62. The summed E-state index contributed by atoms with van der Waals surface area (Å²) in [7, 11) is 0. The molecule has 3 aliphatic rings. The molecule has 4 N–H and O–H groups in total. The van der Waals surface area contributed by atoms with E-state index in [1.165, 1.54) is 18.7 Å². The normalized spacial score (nSPS) is 20.3. The Kier molecular flexibility index (Phi) is 10.2. The number of β-lactam (4-membered cyclic amide) rings is 1. The summed E-state index contributed by atoms with van der Waals surface area (Å²) in [6.45, 7) is 1.77. The summed E-state index contributed by atoms with van der Waals surface area (Å²) >= 11 is 2.48. The first-order valence-electron chi connectivity index (χ1n) is 13.0. The zero-order valence-electron chi connectivity index (χ0n) is 22.5. The van der Waals surface area contributed by atoms with E-state index in [9.17, 15) is 24.3 Å². The number of pyridine rings is 1. The van der Waals surface area contributed by atoms with E-state index in [0.717, 1.165) is 46.8 Å². The van der Waals surface area contributed by atoms with Gasteiger partial charge in [0.1, 0.15) is 36.2 Å². The molecular formula is C26H29BrN6O7S2. The number of rotatable bonds is 11. The third kappa shape index (κ3) is 6.93. The number of ether oxygens (including phenoxy) is 1. The highest BCUT2D eigenvalue weighted by molar-refractivity contribution is 7.99. The van der Waals surface area contributed by atoms with Crippen molar-refractivity contribution in [3.8, 4) is 0 Å². The van der Waals surface area contributed by atoms with Gasteiger partial charge < -0.3 is 42.7 Å². The molecule has 42 heavy (non-hydrogen) atoms. The molecule has 2 fully saturated rings. The van der Waals surface area contributed by atoms with Crippen molar-refractivity contribution in [1.29, 1.82) is 0 Å². The van der Waals surface area contributed by atoms with Crippen molar-refractivity contribution in [2.75, 3.05) is 18.1 Å². The van der Waals surface area contributed by atoms with Crippen LogP contribution in [-0.4, -0.2) is 74.8 Å². The number of hydrogen-bond acceptors (Lipinski definition) is 11. The van der Waals surface area contributed by atoms with Gasteiger partial charge in [-0.25, -0.2) is 9.78 Å². The third-order valence-electron chi connectivity index (χ3n) is 6.85. The maximum Gasteiger partial charge on any atom is 0.356 e. The lowest BCUT2D eigenvalue weighted by Crippen LogP contribution is -3.00. The lowest BCUT2D eigenvalue weighted by Gasteiger charge is -2.49. The number of carbonyl (C=O) groups excluding carboxylic acids is 3. The van der Waals surface area contributed by atoms with E-state index in [0.29, 0.717) is 0 Å². The Morgan fingerprint density at radius 1 is 1.31 bits per heavy atom. The van der Waals surface area contributed by atoms with Crippen molar-refractivity contribution in [2.24, 2.45) is 5.16 Å². The van der Waals surface area contributed by atoms with Crippen LogP contribution in [-0.2, 0) is 35.3 Å². The summed E-state index contributed by atoms with van der Waals surface area (Å²) < 4.78 is 7.55. The second kappa shape index (κ2) is 13.6. The first-order chi connectivity index (χ1) is 19.7. The summed E-state index contributed by atoms with van der Waals surface area (Å²) in [6.07, 6.45) is 7.13. The molecule has 2 aromatic rings. The van der Waals surface area contributed by atoms with E-state index >= 15 is 0 Å². The minimum atomic E-state index is -1.30. The van der Waals surface area contributed by atoms with Crippen LogP contribution in [0.25, 0.3) is 0 Å². The van der Waals surface area contributed by atoms with Crippen molar-refractivity contribution in [3.63, 3.8) is 0 Å². The van der Waals surface area contributed by atoms with Crippen molar-refractivity contribution >= 4 is 57.5 Å². The van der Waals surface area contributed by atoms with Gasteiger partial charge in [0.2, 0.25) is 6.54 Å². The van der Waals surface area contributed by atoms with Crippen LogP contribution in [0.2, 0.25) is 0 Å². The summed E-state index contributed by atoms with van der Waals surface area (Å²) in [5, 5.41) is 18.5. The summed E-state index contributed by atoms with van der Waals surface area (Å²) in [4.78, 5) is 61.6. The fourth-order valence-corrected chi connectivity index (χ4v) is 6.23. The maximum atomic E-state index is 13.2. The molecule has 2 aromatic heterocycles. The number of Topliss-reactive ketones (excluding diaryl/α,β-unsaturated/α-hetero) is 1. The first-order valence-corrected chi connectivity index (χ1v) is 14.9. The maximum absolute atomic E-state index is 13.2. The Bertz CT molecular complexity index is 1420. The monoisotopic (exact) mass is 680 g/mol. The molecule has 5 rings (SSSR count). The predicted molar refractivity (Wildman–Crippen MR) is 148 cm³/mol. The number of thioether (sulfide) groups is 1. The van der Waals surface area contributed by atoms with Gasteiger partial charge in [-0.15, -0.1) is 23.1 Å². The molecule has 224 valence electrons. The number of fused-ring (bicyclic) bond motifs is 1. The fourth-order valence-electron chi connectivity index (χ4n) is 4.85. The fraction of sp³-hybridized carbons (Fsp3) is 0.423. The van der Waals surface area contributed by atoms with Gasteiger partial charge in [0.25, 0.3) is 11.8 Å². The van der Waals surface area contributed by atoms with Crippen molar-refractivity contribution < 1.29 is 55.4 Å². The number of oxime groups is 1. The number of nitrogens with two attached hydrogens (primary N) is 1. The number of amides is 2. The Labute approximate surface area is 259 Å². The predicted octanol–water partition coefficient (Wildman–Crippen LogP) is -1.92. The molecule has 13 nitrogen and oxygen atoms in total.